The molecule has 0 spiro atoms. The average Bonchev–Trinajstić information content (AvgIpc) is 3.39. The fraction of sp³-hybridized carbons (Fsp3) is 0.333. The number of thiazole rings is 1. The van der Waals surface area contributed by atoms with Gasteiger partial charge in [-0.05, 0) is 42.0 Å². The minimum atomic E-state index is -0.125. The van der Waals surface area contributed by atoms with Gasteiger partial charge in [-0.2, -0.15) is 4.52 Å². The molecule has 0 amide bonds. The highest BCUT2D eigenvalue weighted by Gasteiger charge is 2.32. The fourth-order valence-electron chi connectivity index (χ4n) is 4.35. The molecule has 9 heteroatoms. The third kappa shape index (κ3) is 4.26. The number of anilines is 1. The highest BCUT2D eigenvalue weighted by molar-refractivity contribution is 7.17. The van der Waals surface area contributed by atoms with Gasteiger partial charge in [0.25, 0.3) is 0 Å². The van der Waals surface area contributed by atoms with Gasteiger partial charge in [0, 0.05) is 43.3 Å². The fourth-order valence-corrected chi connectivity index (χ4v) is 5.69. The summed E-state index contributed by atoms with van der Waals surface area (Å²) in [6.45, 7) is 5.46. The monoisotopic (exact) mass is 483 g/mol. The number of benzene rings is 2. The first-order chi connectivity index (χ1) is 16.1. The van der Waals surface area contributed by atoms with Gasteiger partial charge in [0.1, 0.15) is 5.75 Å². The highest BCUT2D eigenvalue weighted by atomic mass is 35.5. The summed E-state index contributed by atoms with van der Waals surface area (Å²) < 4.78 is 6.84. The number of methoxy groups -OCH3 is 1. The number of aromatic hydroxyl groups is 1. The first kappa shape index (κ1) is 22.0. The Hall–Kier alpha value is -2.81. The topological polar surface area (TPSA) is 66.1 Å². The summed E-state index contributed by atoms with van der Waals surface area (Å²) in [6.07, 6.45) is 0.730. The Bertz CT molecular complexity index is 1250. The van der Waals surface area contributed by atoms with E-state index in [1.807, 2.05) is 37.3 Å². The normalized spacial score (nSPS) is 15.8. The maximum Gasteiger partial charge on any atom is 0.230 e. The van der Waals surface area contributed by atoms with Crippen molar-refractivity contribution in [3.63, 3.8) is 0 Å². The smallest absolute Gasteiger partial charge is 0.230 e. The number of aromatic nitrogens is 3. The second-order valence-electron chi connectivity index (χ2n) is 8.04. The van der Waals surface area contributed by atoms with Crippen LogP contribution in [0.2, 0.25) is 5.02 Å². The summed E-state index contributed by atoms with van der Waals surface area (Å²) in [6, 6.07) is 15.9. The van der Waals surface area contributed by atoms with Crippen molar-refractivity contribution in [1.82, 2.24) is 19.5 Å². The summed E-state index contributed by atoms with van der Waals surface area (Å²) in [5.74, 6) is 1.75. The first-order valence-corrected chi connectivity index (χ1v) is 12.2. The van der Waals surface area contributed by atoms with Crippen LogP contribution in [0.4, 0.5) is 5.69 Å². The second-order valence-corrected chi connectivity index (χ2v) is 9.49. The van der Waals surface area contributed by atoms with Crippen molar-refractivity contribution in [3.05, 3.63) is 69.8 Å². The van der Waals surface area contributed by atoms with Crippen molar-refractivity contribution in [3.8, 4) is 11.6 Å². The van der Waals surface area contributed by atoms with Gasteiger partial charge >= 0.3 is 0 Å². The molecule has 172 valence electrons. The minimum Gasteiger partial charge on any atom is -0.497 e. The predicted molar refractivity (Wildman–Crippen MR) is 132 cm³/mol. The van der Waals surface area contributed by atoms with Crippen LogP contribution >= 0.6 is 22.9 Å². The van der Waals surface area contributed by atoms with Crippen LogP contribution in [0.5, 0.6) is 11.6 Å². The highest BCUT2D eigenvalue weighted by Crippen LogP contribution is 2.41. The van der Waals surface area contributed by atoms with Gasteiger partial charge in [-0.3, -0.25) is 4.90 Å². The molecule has 0 radical (unpaired) electrons. The van der Waals surface area contributed by atoms with Crippen molar-refractivity contribution >= 4 is 33.6 Å². The number of rotatable bonds is 6. The van der Waals surface area contributed by atoms with Gasteiger partial charge in [-0.25, -0.2) is 4.98 Å². The van der Waals surface area contributed by atoms with Gasteiger partial charge in [-0.15, -0.1) is 5.10 Å². The summed E-state index contributed by atoms with van der Waals surface area (Å²) in [5, 5.41) is 16.2. The molecule has 7 nitrogen and oxygen atoms in total. The molecule has 1 aliphatic heterocycles. The van der Waals surface area contributed by atoms with E-state index >= 15 is 0 Å². The molecule has 1 fully saturated rings. The van der Waals surface area contributed by atoms with Crippen molar-refractivity contribution in [2.45, 2.75) is 19.4 Å². The Labute approximate surface area is 201 Å². The molecule has 1 N–H and O–H groups in total. The van der Waals surface area contributed by atoms with E-state index in [0.717, 1.165) is 54.6 Å². The SMILES string of the molecule is CCc1nc2sc(C(c3cccc(Cl)c3)N3CCN(c4ccc(OC)cc4)CC3)c(O)n2n1. The Balaban J connectivity index is 1.44. The molecule has 3 heterocycles. The number of hydrogen-bond donors (Lipinski definition) is 1. The van der Waals surface area contributed by atoms with Crippen LogP contribution in [-0.4, -0.2) is 57.9 Å². The maximum absolute atomic E-state index is 11.1. The van der Waals surface area contributed by atoms with E-state index in [4.69, 9.17) is 16.3 Å². The van der Waals surface area contributed by atoms with Gasteiger partial charge in [0.15, 0.2) is 5.82 Å². The zero-order valence-corrected chi connectivity index (χ0v) is 20.2. The van der Waals surface area contributed by atoms with Crippen molar-refractivity contribution < 1.29 is 9.84 Å². The van der Waals surface area contributed by atoms with E-state index in [9.17, 15) is 5.11 Å². The third-order valence-electron chi connectivity index (χ3n) is 6.09. The lowest BCUT2D eigenvalue weighted by atomic mass is 10.0. The average molecular weight is 484 g/mol. The van der Waals surface area contributed by atoms with E-state index in [-0.39, 0.29) is 11.9 Å². The molecule has 5 rings (SSSR count). The van der Waals surface area contributed by atoms with E-state index in [2.05, 4.69) is 38.1 Å². The van der Waals surface area contributed by atoms with Crippen LogP contribution in [0.3, 0.4) is 0 Å². The molecule has 1 saturated heterocycles. The molecule has 1 atom stereocenters. The number of nitrogens with zero attached hydrogens (tertiary/aromatic N) is 5. The molecule has 1 aliphatic rings. The molecule has 33 heavy (non-hydrogen) atoms. The standard InChI is InChI=1S/C24H26ClN5O2S/c1-3-20-26-24-30(27-20)23(31)22(33-24)21(16-5-4-6-17(25)15-16)29-13-11-28(12-14-29)18-7-9-19(32-2)10-8-18/h4-10,15,21,31H,3,11-14H2,1-2H3. The van der Waals surface area contributed by atoms with E-state index in [0.29, 0.717) is 9.98 Å². The lowest BCUT2D eigenvalue weighted by molar-refractivity contribution is 0.211. The third-order valence-corrected chi connectivity index (χ3v) is 7.40. The van der Waals surface area contributed by atoms with Gasteiger partial charge in [0.2, 0.25) is 10.8 Å². The van der Waals surface area contributed by atoms with E-state index in [1.165, 1.54) is 17.0 Å². The predicted octanol–water partition coefficient (Wildman–Crippen LogP) is 4.63. The minimum absolute atomic E-state index is 0.125. The summed E-state index contributed by atoms with van der Waals surface area (Å²) in [4.78, 5) is 10.9. The van der Waals surface area contributed by atoms with Crippen LogP contribution in [0.1, 0.15) is 29.2 Å². The Morgan fingerprint density at radius 1 is 1.12 bits per heavy atom. The molecular formula is C24H26ClN5O2S. The van der Waals surface area contributed by atoms with Crippen LogP contribution in [0.15, 0.2) is 48.5 Å². The summed E-state index contributed by atoms with van der Waals surface area (Å²) >= 11 is 7.85. The van der Waals surface area contributed by atoms with Crippen molar-refractivity contribution in [2.24, 2.45) is 0 Å². The van der Waals surface area contributed by atoms with Gasteiger partial charge in [0.05, 0.1) is 18.0 Å². The summed E-state index contributed by atoms with van der Waals surface area (Å²) in [7, 11) is 1.68. The number of fused-ring (bicyclic) bond motifs is 1. The summed E-state index contributed by atoms with van der Waals surface area (Å²) in [5.41, 5.74) is 2.24. The molecule has 0 aliphatic carbocycles. The largest absolute Gasteiger partial charge is 0.497 e. The molecule has 0 saturated carbocycles. The van der Waals surface area contributed by atoms with Crippen molar-refractivity contribution in [1.29, 1.82) is 0 Å². The van der Waals surface area contributed by atoms with E-state index in [1.54, 1.807) is 11.6 Å². The molecule has 2 aromatic heterocycles. The Kier molecular flexibility index (Phi) is 6.14. The number of ether oxygens (including phenoxy) is 1. The lowest BCUT2D eigenvalue weighted by Gasteiger charge is -2.40. The van der Waals surface area contributed by atoms with Gasteiger partial charge < -0.3 is 14.7 Å². The quantitative estimate of drug-likeness (QED) is 0.431. The first-order valence-electron chi connectivity index (χ1n) is 11.0. The van der Waals surface area contributed by atoms with Crippen LogP contribution in [0.25, 0.3) is 4.96 Å². The Morgan fingerprint density at radius 3 is 2.52 bits per heavy atom. The lowest BCUT2D eigenvalue weighted by Crippen LogP contribution is -2.47. The molecular weight excluding hydrogens is 458 g/mol. The molecule has 1 unspecified atom stereocenters. The van der Waals surface area contributed by atoms with Gasteiger partial charge in [-0.1, -0.05) is 42.0 Å². The maximum atomic E-state index is 11.1. The Morgan fingerprint density at radius 2 is 1.88 bits per heavy atom. The van der Waals surface area contributed by atoms with Crippen LogP contribution < -0.4 is 9.64 Å². The number of piperazine rings is 1. The number of aryl methyl sites for hydroxylation is 1. The zero-order valence-electron chi connectivity index (χ0n) is 18.6. The van der Waals surface area contributed by atoms with E-state index < -0.39 is 0 Å². The number of hydrogen-bond acceptors (Lipinski definition) is 7. The molecule has 0 bridgehead atoms. The second kappa shape index (κ2) is 9.21. The molecule has 2 aromatic carbocycles. The number of halogens is 1. The molecule has 4 aromatic rings. The van der Waals surface area contributed by atoms with Crippen molar-refractivity contribution in [2.75, 3.05) is 38.2 Å². The van der Waals surface area contributed by atoms with Crippen LogP contribution in [0, 0.1) is 0 Å². The zero-order chi connectivity index (χ0) is 22.9. The van der Waals surface area contributed by atoms with Crippen LogP contribution in [-0.2, 0) is 6.42 Å².